The largest absolute Gasteiger partial charge is 0.488 e. The molecule has 0 amide bonds. The Morgan fingerprint density at radius 1 is 1.00 bits per heavy atom. The van der Waals surface area contributed by atoms with Crippen LogP contribution in [0.3, 0.4) is 0 Å². The molecule has 2 aliphatic heterocycles. The van der Waals surface area contributed by atoms with E-state index in [9.17, 15) is 20.4 Å². The van der Waals surface area contributed by atoms with Crippen LogP contribution in [0.1, 0.15) is 47.3 Å². The zero-order valence-electron chi connectivity index (χ0n) is 19.2. The first-order valence-electron chi connectivity index (χ1n) is 11.7. The molecule has 0 radical (unpaired) electrons. The summed E-state index contributed by atoms with van der Waals surface area (Å²) in [5.41, 5.74) is 5.07. The predicted molar refractivity (Wildman–Crippen MR) is 122 cm³/mol. The summed E-state index contributed by atoms with van der Waals surface area (Å²) in [5, 5.41) is 40.7. The monoisotopic (exact) mass is 458 g/mol. The first-order chi connectivity index (χ1) is 15.9. The van der Waals surface area contributed by atoms with Crippen LogP contribution in [0.25, 0.3) is 0 Å². The third kappa shape index (κ3) is 5.24. The summed E-state index contributed by atoms with van der Waals surface area (Å²) in [6, 6.07) is 12.3. The number of hydrogen-bond donors (Lipinski definition) is 4. The fourth-order valence-corrected chi connectivity index (χ4v) is 4.51. The molecule has 180 valence electrons. The molecule has 0 bridgehead atoms. The second kappa shape index (κ2) is 10.5. The molecule has 0 spiro atoms. The van der Waals surface area contributed by atoms with Crippen molar-refractivity contribution in [2.75, 3.05) is 19.8 Å². The maximum absolute atomic E-state index is 10.7. The number of aliphatic hydroxyl groups excluding tert-OH is 4. The third-order valence-electron chi connectivity index (χ3n) is 6.72. The van der Waals surface area contributed by atoms with Gasteiger partial charge in [0.2, 0.25) is 0 Å². The quantitative estimate of drug-likeness (QED) is 0.501. The number of hydrogen-bond acceptors (Lipinski definition) is 7. The molecule has 2 heterocycles. The minimum Gasteiger partial charge on any atom is -0.488 e. The van der Waals surface area contributed by atoms with Gasteiger partial charge in [0.25, 0.3) is 0 Å². The summed E-state index contributed by atoms with van der Waals surface area (Å²) >= 11 is 0. The Bertz CT molecular complexity index is 921. The van der Waals surface area contributed by atoms with Gasteiger partial charge < -0.3 is 34.6 Å². The lowest BCUT2D eigenvalue weighted by molar-refractivity contribution is -0.231. The van der Waals surface area contributed by atoms with E-state index >= 15 is 0 Å². The van der Waals surface area contributed by atoms with E-state index in [1.165, 1.54) is 5.56 Å². The Morgan fingerprint density at radius 3 is 2.36 bits per heavy atom. The van der Waals surface area contributed by atoms with Gasteiger partial charge in [0.1, 0.15) is 42.4 Å². The van der Waals surface area contributed by atoms with Gasteiger partial charge in [-0.25, -0.2) is 0 Å². The van der Waals surface area contributed by atoms with Crippen LogP contribution >= 0.6 is 0 Å². The maximum atomic E-state index is 10.7. The van der Waals surface area contributed by atoms with Crippen molar-refractivity contribution >= 4 is 0 Å². The van der Waals surface area contributed by atoms with E-state index in [2.05, 4.69) is 31.2 Å². The van der Waals surface area contributed by atoms with Crippen molar-refractivity contribution < 1.29 is 34.6 Å². The Balaban J connectivity index is 1.69. The van der Waals surface area contributed by atoms with Crippen LogP contribution in [-0.2, 0) is 22.3 Å². The molecule has 4 N–H and O–H groups in total. The molecule has 7 heteroatoms. The first-order valence-corrected chi connectivity index (χ1v) is 11.7. The lowest BCUT2D eigenvalue weighted by Crippen LogP contribution is -2.55. The summed E-state index contributed by atoms with van der Waals surface area (Å²) < 4.78 is 17.5. The highest BCUT2D eigenvalue weighted by atomic mass is 16.6. The number of aliphatic hydroxyl groups is 4. The van der Waals surface area contributed by atoms with Crippen molar-refractivity contribution in [3.05, 3.63) is 64.2 Å². The Morgan fingerprint density at radius 2 is 1.73 bits per heavy atom. The normalized spacial score (nSPS) is 29.9. The summed E-state index contributed by atoms with van der Waals surface area (Å²) in [6.45, 7) is 4.86. The molecule has 33 heavy (non-hydrogen) atoms. The average Bonchev–Trinajstić information content (AvgIpc) is 3.34. The van der Waals surface area contributed by atoms with Gasteiger partial charge in [-0.1, -0.05) is 37.3 Å². The standard InChI is InChI=1S/C26H34O7/c1-3-16-4-6-17(7-5-16)10-18-11-19(12-21(15(18)2)32-20-8-9-31-14-20)26-25(30)24(29)23(28)22(13-27)33-26/h4-7,11-12,20,22-30H,3,8-10,13-14H2,1-2H3/t20-,22+,23+,24-,25+,26-/m0/s1. The smallest absolute Gasteiger partial charge is 0.124 e. The number of aryl methyl sites for hydroxylation is 1. The molecule has 0 saturated carbocycles. The molecule has 0 aliphatic carbocycles. The van der Waals surface area contributed by atoms with E-state index < -0.39 is 37.1 Å². The van der Waals surface area contributed by atoms with Crippen molar-refractivity contribution in [3.8, 4) is 5.75 Å². The highest BCUT2D eigenvalue weighted by Gasteiger charge is 2.44. The van der Waals surface area contributed by atoms with E-state index in [1.54, 1.807) is 0 Å². The number of benzene rings is 2. The Hall–Kier alpha value is -2.00. The van der Waals surface area contributed by atoms with Gasteiger partial charge in [-0.2, -0.15) is 0 Å². The topological polar surface area (TPSA) is 109 Å². The van der Waals surface area contributed by atoms with Crippen molar-refractivity contribution in [1.82, 2.24) is 0 Å². The zero-order valence-corrected chi connectivity index (χ0v) is 19.2. The summed E-state index contributed by atoms with van der Waals surface area (Å²) in [7, 11) is 0. The van der Waals surface area contributed by atoms with Crippen molar-refractivity contribution in [3.63, 3.8) is 0 Å². The molecule has 2 aromatic carbocycles. The van der Waals surface area contributed by atoms with Crippen LogP contribution < -0.4 is 4.74 Å². The molecule has 7 nitrogen and oxygen atoms in total. The second-order valence-electron chi connectivity index (χ2n) is 9.00. The summed E-state index contributed by atoms with van der Waals surface area (Å²) in [4.78, 5) is 0. The van der Waals surface area contributed by atoms with Gasteiger partial charge in [-0.3, -0.25) is 0 Å². The Kier molecular flexibility index (Phi) is 7.69. The molecule has 0 aromatic heterocycles. The van der Waals surface area contributed by atoms with Gasteiger partial charge >= 0.3 is 0 Å². The van der Waals surface area contributed by atoms with E-state index in [1.807, 2.05) is 19.1 Å². The zero-order chi connectivity index (χ0) is 23.5. The van der Waals surface area contributed by atoms with Gasteiger partial charge in [-0.15, -0.1) is 0 Å². The highest BCUT2D eigenvalue weighted by Crippen LogP contribution is 2.37. The van der Waals surface area contributed by atoms with E-state index in [0.717, 1.165) is 29.5 Å². The van der Waals surface area contributed by atoms with Crippen molar-refractivity contribution in [2.45, 2.75) is 69.7 Å². The maximum Gasteiger partial charge on any atom is 0.124 e. The van der Waals surface area contributed by atoms with E-state index in [-0.39, 0.29) is 6.10 Å². The molecule has 4 rings (SSSR count). The van der Waals surface area contributed by atoms with Crippen LogP contribution in [0.4, 0.5) is 0 Å². The van der Waals surface area contributed by atoms with Crippen LogP contribution in [0, 0.1) is 6.92 Å². The molecule has 0 unspecified atom stereocenters. The van der Waals surface area contributed by atoms with Gasteiger partial charge in [0.05, 0.1) is 19.8 Å². The van der Waals surface area contributed by atoms with E-state index in [0.29, 0.717) is 30.9 Å². The number of ether oxygens (including phenoxy) is 3. The van der Waals surface area contributed by atoms with Gasteiger partial charge in [-0.05, 0) is 53.6 Å². The Labute approximate surface area is 194 Å². The van der Waals surface area contributed by atoms with Crippen molar-refractivity contribution in [1.29, 1.82) is 0 Å². The molecule has 2 saturated heterocycles. The highest BCUT2D eigenvalue weighted by molar-refractivity contribution is 5.46. The summed E-state index contributed by atoms with van der Waals surface area (Å²) in [6.07, 6.45) is -3.65. The fraction of sp³-hybridized carbons (Fsp3) is 0.538. The molecular weight excluding hydrogens is 424 g/mol. The minimum atomic E-state index is -1.43. The van der Waals surface area contributed by atoms with E-state index in [4.69, 9.17) is 14.2 Å². The van der Waals surface area contributed by atoms with Gasteiger partial charge in [0.15, 0.2) is 0 Å². The summed E-state index contributed by atoms with van der Waals surface area (Å²) in [5.74, 6) is 0.681. The van der Waals surface area contributed by atoms with Gasteiger partial charge in [0, 0.05) is 6.42 Å². The molecule has 2 aliphatic rings. The SMILES string of the molecule is CCc1ccc(Cc2cc([C@@H]3O[C@H](CO)[C@@H](O)[C@H](O)[C@H]3O)cc(O[C@H]3CCOC3)c2C)cc1. The van der Waals surface area contributed by atoms with Crippen LogP contribution in [0.2, 0.25) is 0 Å². The minimum absolute atomic E-state index is 0.0505. The first kappa shape index (κ1) is 24.1. The second-order valence-corrected chi connectivity index (χ2v) is 9.00. The third-order valence-corrected chi connectivity index (χ3v) is 6.72. The average molecular weight is 459 g/mol. The molecule has 2 fully saturated rings. The number of rotatable bonds is 7. The van der Waals surface area contributed by atoms with Crippen molar-refractivity contribution in [2.24, 2.45) is 0 Å². The molecule has 6 atom stereocenters. The molecule has 2 aromatic rings. The lowest BCUT2D eigenvalue weighted by atomic mass is 9.88. The lowest BCUT2D eigenvalue weighted by Gasteiger charge is -2.40. The molecular formula is C26H34O7. The van der Waals surface area contributed by atoms with Crippen LogP contribution in [0.15, 0.2) is 36.4 Å². The van der Waals surface area contributed by atoms with Crippen LogP contribution in [-0.4, -0.2) is 70.8 Å². The fourth-order valence-electron chi connectivity index (χ4n) is 4.51. The predicted octanol–water partition coefficient (Wildman–Crippen LogP) is 1.83. The van der Waals surface area contributed by atoms with Crippen LogP contribution in [0.5, 0.6) is 5.75 Å².